The molecule has 0 spiro atoms. The van der Waals surface area contributed by atoms with Gasteiger partial charge in [-0.3, -0.25) is 4.84 Å². The van der Waals surface area contributed by atoms with Gasteiger partial charge in [0.2, 0.25) is 0 Å². The number of benzene rings is 1. The normalized spacial score (nSPS) is 10.0. The summed E-state index contributed by atoms with van der Waals surface area (Å²) in [5.41, 5.74) is 1.97. The van der Waals surface area contributed by atoms with E-state index in [2.05, 4.69) is 4.84 Å². The molecule has 0 amide bonds. The summed E-state index contributed by atoms with van der Waals surface area (Å²) >= 11 is 0. The summed E-state index contributed by atoms with van der Waals surface area (Å²) in [6, 6.07) is 5.08. The maximum Gasteiger partial charge on any atom is 0.115 e. The Hall–Kier alpha value is -1.06. The summed E-state index contributed by atoms with van der Waals surface area (Å²) in [6.45, 7) is 2.28. The molecular weight excluding hydrogens is 142 g/mol. The summed E-state index contributed by atoms with van der Waals surface area (Å²) in [4.78, 5) is 4.47. The van der Waals surface area contributed by atoms with Gasteiger partial charge >= 0.3 is 0 Å². The van der Waals surface area contributed by atoms with Crippen LogP contribution in [0.5, 0.6) is 5.75 Å². The third kappa shape index (κ3) is 1.93. The SMILES string of the molecule is Cc1cc(O)ccc1CON. The molecule has 0 aromatic heterocycles. The van der Waals surface area contributed by atoms with Crippen molar-refractivity contribution in [3.8, 4) is 5.75 Å². The highest BCUT2D eigenvalue weighted by Gasteiger charge is 1.97. The van der Waals surface area contributed by atoms with Crippen LogP contribution in [0.4, 0.5) is 0 Å². The van der Waals surface area contributed by atoms with E-state index in [0.29, 0.717) is 6.61 Å². The van der Waals surface area contributed by atoms with Gasteiger partial charge in [-0.05, 0) is 30.2 Å². The highest BCUT2D eigenvalue weighted by molar-refractivity contribution is 5.33. The predicted molar refractivity (Wildman–Crippen MR) is 41.8 cm³/mol. The Morgan fingerprint density at radius 2 is 2.27 bits per heavy atom. The fourth-order valence-electron chi connectivity index (χ4n) is 0.932. The van der Waals surface area contributed by atoms with Gasteiger partial charge < -0.3 is 5.11 Å². The largest absolute Gasteiger partial charge is 0.508 e. The molecule has 0 saturated carbocycles. The number of phenols is 1. The van der Waals surface area contributed by atoms with Crippen LogP contribution in [0.25, 0.3) is 0 Å². The molecule has 3 N–H and O–H groups in total. The first-order valence-electron chi connectivity index (χ1n) is 3.34. The first-order chi connectivity index (χ1) is 5.24. The van der Waals surface area contributed by atoms with Crippen LogP contribution >= 0.6 is 0 Å². The summed E-state index contributed by atoms with van der Waals surface area (Å²) < 4.78 is 0. The van der Waals surface area contributed by atoms with Crippen LogP contribution in [0, 0.1) is 6.92 Å². The van der Waals surface area contributed by atoms with Crippen molar-refractivity contribution in [1.29, 1.82) is 0 Å². The van der Waals surface area contributed by atoms with E-state index >= 15 is 0 Å². The zero-order valence-corrected chi connectivity index (χ0v) is 6.37. The Bertz CT molecular complexity index is 248. The predicted octanol–water partition coefficient (Wildman–Crippen LogP) is 1.09. The van der Waals surface area contributed by atoms with Gasteiger partial charge in [0, 0.05) is 0 Å². The van der Waals surface area contributed by atoms with Crippen LogP contribution in [0.1, 0.15) is 11.1 Å². The van der Waals surface area contributed by atoms with Crippen molar-refractivity contribution >= 4 is 0 Å². The Balaban J connectivity index is 2.90. The van der Waals surface area contributed by atoms with E-state index in [9.17, 15) is 0 Å². The lowest BCUT2D eigenvalue weighted by Gasteiger charge is -2.03. The molecule has 0 unspecified atom stereocenters. The van der Waals surface area contributed by atoms with E-state index in [0.717, 1.165) is 11.1 Å². The van der Waals surface area contributed by atoms with E-state index in [4.69, 9.17) is 11.0 Å². The Kier molecular flexibility index (Phi) is 2.46. The fourth-order valence-corrected chi connectivity index (χ4v) is 0.932. The van der Waals surface area contributed by atoms with E-state index in [1.54, 1.807) is 18.2 Å². The molecule has 0 atom stereocenters. The van der Waals surface area contributed by atoms with Crippen molar-refractivity contribution in [3.63, 3.8) is 0 Å². The molecular formula is C8H11NO2. The zero-order valence-electron chi connectivity index (χ0n) is 6.37. The van der Waals surface area contributed by atoms with Crippen LogP contribution in [0.15, 0.2) is 18.2 Å². The quantitative estimate of drug-likeness (QED) is 0.625. The number of phenolic OH excluding ortho intramolecular Hbond substituents is 1. The molecule has 0 fully saturated rings. The van der Waals surface area contributed by atoms with Crippen LogP contribution in [-0.4, -0.2) is 5.11 Å². The number of hydrogen-bond donors (Lipinski definition) is 2. The molecule has 1 aromatic carbocycles. The number of rotatable bonds is 2. The Labute approximate surface area is 65.4 Å². The average molecular weight is 153 g/mol. The lowest BCUT2D eigenvalue weighted by Crippen LogP contribution is -2.00. The minimum absolute atomic E-state index is 0.267. The zero-order chi connectivity index (χ0) is 8.27. The summed E-state index contributed by atoms with van der Waals surface area (Å²) in [5.74, 6) is 5.17. The molecule has 0 aliphatic rings. The van der Waals surface area contributed by atoms with Gasteiger partial charge in [0.15, 0.2) is 0 Å². The molecule has 0 radical (unpaired) electrons. The van der Waals surface area contributed by atoms with Crippen LogP contribution in [-0.2, 0) is 11.4 Å². The first-order valence-corrected chi connectivity index (χ1v) is 3.34. The molecule has 3 nitrogen and oxygen atoms in total. The minimum Gasteiger partial charge on any atom is -0.508 e. The van der Waals surface area contributed by atoms with Gasteiger partial charge in [0.25, 0.3) is 0 Å². The van der Waals surface area contributed by atoms with Gasteiger partial charge in [-0.1, -0.05) is 6.07 Å². The molecule has 1 aromatic rings. The summed E-state index contributed by atoms with van der Waals surface area (Å²) in [5, 5.41) is 9.03. The Morgan fingerprint density at radius 1 is 1.55 bits per heavy atom. The number of hydrogen-bond acceptors (Lipinski definition) is 3. The fraction of sp³-hybridized carbons (Fsp3) is 0.250. The maximum atomic E-state index is 9.03. The number of aromatic hydroxyl groups is 1. The maximum absolute atomic E-state index is 9.03. The standard InChI is InChI=1S/C8H11NO2/c1-6-4-8(10)3-2-7(6)5-11-9/h2-4,10H,5,9H2,1H3. The number of nitrogens with two attached hydrogens (primary N) is 1. The average Bonchev–Trinajstić information content (AvgIpc) is 1.95. The molecule has 0 aliphatic heterocycles. The second-order valence-electron chi connectivity index (χ2n) is 2.42. The molecule has 0 aliphatic carbocycles. The molecule has 0 saturated heterocycles. The molecule has 0 bridgehead atoms. The van der Waals surface area contributed by atoms with Crippen LogP contribution in [0.2, 0.25) is 0 Å². The van der Waals surface area contributed by atoms with Crippen molar-refractivity contribution < 1.29 is 9.94 Å². The van der Waals surface area contributed by atoms with Gasteiger partial charge in [-0.15, -0.1) is 0 Å². The molecule has 1 rings (SSSR count). The van der Waals surface area contributed by atoms with E-state index in [1.807, 2.05) is 6.92 Å². The highest BCUT2D eigenvalue weighted by atomic mass is 16.6. The first kappa shape index (κ1) is 8.04. The van der Waals surface area contributed by atoms with Crippen LogP contribution < -0.4 is 5.90 Å². The van der Waals surface area contributed by atoms with Crippen molar-refractivity contribution in [2.45, 2.75) is 13.5 Å². The molecule has 0 heterocycles. The Morgan fingerprint density at radius 3 is 2.82 bits per heavy atom. The lowest BCUT2D eigenvalue weighted by atomic mass is 10.1. The number of aryl methyl sites for hydroxylation is 1. The van der Waals surface area contributed by atoms with Gasteiger partial charge in [0.1, 0.15) is 5.75 Å². The van der Waals surface area contributed by atoms with E-state index in [1.165, 1.54) is 0 Å². The second-order valence-corrected chi connectivity index (χ2v) is 2.42. The molecule has 60 valence electrons. The smallest absolute Gasteiger partial charge is 0.115 e. The second kappa shape index (κ2) is 3.37. The summed E-state index contributed by atoms with van der Waals surface area (Å²) in [7, 11) is 0. The van der Waals surface area contributed by atoms with E-state index in [-0.39, 0.29) is 5.75 Å². The minimum atomic E-state index is 0.267. The van der Waals surface area contributed by atoms with Crippen molar-refractivity contribution in [3.05, 3.63) is 29.3 Å². The van der Waals surface area contributed by atoms with Gasteiger partial charge in [-0.25, -0.2) is 5.90 Å². The molecule has 3 heteroatoms. The van der Waals surface area contributed by atoms with Crippen molar-refractivity contribution in [2.24, 2.45) is 5.90 Å². The van der Waals surface area contributed by atoms with Crippen LogP contribution in [0.3, 0.4) is 0 Å². The van der Waals surface area contributed by atoms with Crippen molar-refractivity contribution in [1.82, 2.24) is 0 Å². The van der Waals surface area contributed by atoms with Gasteiger partial charge in [-0.2, -0.15) is 0 Å². The third-order valence-corrected chi connectivity index (χ3v) is 1.57. The third-order valence-electron chi connectivity index (χ3n) is 1.57. The summed E-state index contributed by atoms with van der Waals surface area (Å²) in [6.07, 6.45) is 0. The highest BCUT2D eigenvalue weighted by Crippen LogP contribution is 2.15. The lowest BCUT2D eigenvalue weighted by molar-refractivity contribution is 0.123. The molecule has 11 heavy (non-hydrogen) atoms. The van der Waals surface area contributed by atoms with Gasteiger partial charge in [0.05, 0.1) is 6.61 Å². The topological polar surface area (TPSA) is 55.5 Å². The monoisotopic (exact) mass is 153 g/mol. The van der Waals surface area contributed by atoms with E-state index < -0.39 is 0 Å². The van der Waals surface area contributed by atoms with Crippen molar-refractivity contribution in [2.75, 3.05) is 0 Å².